The Bertz CT molecular complexity index is 826. The summed E-state index contributed by atoms with van der Waals surface area (Å²) in [6.07, 6.45) is 6.35. The number of carbonyl (C=O) groups is 1. The second-order valence-corrected chi connectivity index (χ2v) is 6.53. The van der Waals surface area contributed by atoms with Gasteiger partial charge in [-0.25, -0.2) is 4.79 Å². The standard InChI is InChI=1S/C19H23N3O3/c23-17(12-15-13-20-19(25)21-18(15)24)22-11-5-4-8-16(22)10-9-14-6-2-1-3-7-14/h1-3,6-7,13,16H,4-5,8-12H2,(H2,20,21,24,25)/t16-/m0/s1. The molecule has 1 fully saturated rings. The highest BCUT2D eigenvalue weighted by molar-refractivity contribution is 5.79. The topological polar surface area (TPSA) is 86.0 Å². The zero-order valence-corrected chi connectivity index (χ0v) is 14.2. The number of aryl methyl sites for hydroxylation is 1. The van der Waals surface area contributed by atoms with Crippen LogP contribution < -0.4 is 11.2 Å². The molecule has 1 aromatic carbocycles. The Morgan fingerprint density at radius 1 is 1.16 bits per heavy atom. The summed E-state index contributed by atoms with van der Waals surface area (Å²) in [5, 5.41) is 0. The van der Waals surface area contributed by atoms with Crippen molar-refractivity contribution in [2.24, 2.45) is 0 Å². The largest absolute Gasteiger partial charge is 0.339 e. The molecular weight excluding hydrogens is 318 g/mol. The summed E-state index contributed by atoms with van der Waals surface area (Å²) in [5.41, 5.74) is 0.532. The molecule has 1 aliphatic heterocycles. The van der Waals surface area contributed by atoms with Crippen LogP contribution in [0.5, 0.6) is 0 Å². The van der Waals surface area contributed by atoms with E-state index in [0.29, 0.717) is 5.56 Å². The predicted molar refractivity (Wildman–Crippen MR) is 95.5 cm³/mol. The second kappa shape index (κ2) is 7.96. The van der Waals surface area contributed by atoms with E-state index in [1.165, 1.54) is 11.8 Å². The van der Waals surface area contributed by atoms with Gasteiger partial charge in [-0.3, -0.25) is 14.6 Å². The molecule has 25 heavy (non-hydrogen) atoms. The van der Waals surface area contributed by atoms with Gasteiger partial charge in [0.2, 0.25) is 5.91 Å². The van der Waals surface area contributed by atoms with Crippen LogP contribution in [0.15, 0.2) is 46.1 Å². The molecule has 1 aliphatic rings. The van der Waals surface area contributed by atoms with Gasteiger partial charge < -0.3 is 9.88 Å². The average Bonchev–Trinajstić information content (AvgIpc) is 2.63. The summed E-state index contributed by atoms with van der Waals surface area (Å²) in [6, 6.07) is 10.5. The van der Waals surface area contributed by atoms with Gasteiger partial charge in [0.1, 0.15) is 0 Å². The van der Waals surface area contributed by atoms with E-state index in [-0.39, 0.29) is 18.4 Å². The Labute approximate surface area is 145 Å². The van der Waals surface area contributed by atoms with Gasteiger partial charge in [0.05, 0.1) is 6.42 Å². The van der Waals surface area contributed by atoms with E-state index < -0.39 is 11.2 Å². The number of likely N-dealkylation sites (tertiary alicyclic amines) is 1. The van der Waals surface area contributed by atoms with E-state index in [2.05, 4.69) is 22.1 Å². The number of amides is 1. The summed E-state index contributed by atoms with van der Waals surface area (Å²) < 4.78 is 0. The number of nitrogens with one attached hydrogen (secondary N) is 2. The van der Waals surface area contributed by atoms with Crippen molar-refractivity contribution in [2.75, 3.05) is 6.54 Å². The molecule has 3 rings (SSSR count). The first-order valence-electron chi connectivity index (χ1n) is 8.78. The van der Waals surface area contributed by atoms with Crippen molar-refractivity contribution in [3.8, 4) is 0 Å². The molecule has 1 amide bonds. The van der Waals surface area contributed by atoms with Crippen LogP contribution in [0.2, 0.25) is 0 Å². The third kappa shape index (κ3) is 4.47. The summed E-state index contributed by atoms with van der Waals surface area (Å²) in [6.45, 7) is 0.736. The highest BCUT2D eigenvalue weighted by Gasteiger charge is 2.26. The Morgan fingerprint density at radius 3 is 2.72 bits per heavy atom. The monoisotopic (exact) mass is 341 g/mol. The number of hydrogen-bond acceptors (Lipinski definition) is 3. The lowest BCUT2D eigenvalue weighted by atomic mass is 9.95. The molecule has 1 saturated heterocycles. The van der Waals surface area contributed by atoms with Crippen molar-refractivity contribution in [2.45, 2.75) is 44.6 Å². The molecule has 2 aromatic rings. The van der Waals surface area contributed by atoms with Gasteiger partial charge in [-0.05, 0) is 37.7 Å². The molecular formula is C19H23N3O3. The number of aromatic nitrogens is 2. The Hall–Kier alpha value is -2.63. The molecule has 132 valence electrons. The second-order valence-electron chi connectivity index (χ2n) is 6.53. The quantitative estimate of drug-likeness (QED) is 0.866. The minimum Gasteiger partial charge on any atom is -0.339 e. The SMILES string of the molecule is O=C(Cc1c[nH]c(=O)[nH]c1=O)N1CCCC[C@H]1CCc1ccccc1. The lowest BCUT2D eigenvalue weighted by molar-refractivity contribution is -0.134. The van der Waals surface area contributed by atoms with Gasteiger partial charge in [0.15, 0.2) is 0 Å². The summed E-state index contributed by atoms with van der Waals surface area (Å²) in [7, 11) is 0. The van der Waals surface area contributed by atoms with Crippen molar-refractivity contribution in [1.29, 1.82) is 0 Å². The van der Waals surface area contributed by atoms with Crippen molar-refractivity contribution >= 4 is 5.91 Å². The van der Waals surface area contributed by atoms with E-state index >= 15 is 0 Å². The van der Waals surface area contributed by atoms with Crippen LogP contribution in [-0.4, -0.2) is 33.4 Å². The Kier molecular flexibility index (Phi) is 5.48. The predicted octanol–water partition coefficient (Wildman–Crippen LogP) is 1.62. The van der Waals surface area contributed by atoms with E-state index in [4.69, 9.17) is 0 Å². The number of nitrogens with zero attached hydrogens (tertiary/aromatic N) is 1. The van der Waals surface area contributed by atoms with Crippen LogP contribution in [-0.2, 0) is 17.6 Å². The molecule has 1 aromatic heterocycles. The van der Waals surface area contributed by atoms with Gasteiger partial charge >= 0.3 is 5.69 Å². The van der Waals surface area contributed by atoms with Gasteiger partial charge in [-0.2, -0.15) is 0 Å². The molecule has 6 nitrogen and oxygen atoms in total. The molecule has 0 bridgehead atoms. The van der Waals surface area contributed by atoms with Gasteiger partial charge in [-0.15, -0.1) is 0 Å². The van der Waals surface area contributed by atoms with Crippen LogP contribution in [0.25, 0.3) is 0 Å². The highest BCUT2D eigenvalue weighted by Crippen LogP contribution is 2.22. The third-order valence-electron chi connectivity index (χ3n) is 4.79. The van der Waals surface area contributed by atoms with E-state index in [1.807, 2.05) is 23.1 Å². The molecule has 2 N–H and O–H groups in total. The first-order chi connectivity index (χ1) is 12.1. The normalized spacial score (nSPS) is 17.4. The number of piperidine rings is 1. The first-order valence-corrected chi connectivity index (χ1v) is 8.78. The zero-order chi connectivity index (χ0) is 17.6. The summed E-state index contributed by atoms with van der Waals surface area (Å²) in [5.74, 6) is -0.0460. The van der Waals surface area contributed by atoms with Crippen LogP contribution in [0.4, 0.5) is 0 Å². The molecule has 0 aliphatic carbocycles. The maximum absolute atomic E-state index is 12.7. The molecule has 0 spiro atoms. The lowest BCUT2D eigenvalue weighted by Crippen LogP contribution is -2.45. The number of hydrogen-bond donors (Lipinski definition) is 2. The maximum Gasteiger partial charge on any atom is 0.325 e. The smallest absolute Gasteiger partial charge is 0.325 e. The fraction of sp³-hybridized carbons (Fsp3) is 0.421. The molecule has 0 unspecified atom stereocenters. The van der Waals surface area contributed by atoms with Crippen LogP contribution in [0.1, 0.15) is 36.8 Å². The van der Waals surface area contributed by atoms with Crippen LogP contribution >= 0.6 is 0 Å². The van der Waals surface area contributed by atoms with Gasteiger partial charge in [-0.1, -0.05) is 30.3 Å². The van der Waals surface area contributed by atoms with E-state index in [1.54, 1.807) is 0 Å². The van der Waals surface area contributed by atoms with Crippen molar-refractivity contribution < 1.29 is 4.79 Å². The first kappa shape index (κ1) is 17.2. The number of H-pyrrole nitrogens is 2. The molecule has 1 atom stereocenters. The maximum atomic E-state index is 12.7. The van der Waals surface area contributed by atoms with Crippen LogP contribution in [0, 0.1) is 0 Å². The number of aromatic amines is 2. The Balaban J connectivity index is 1.66. The number of carbonyl (C=O) groups excluding carboxylic acids is 1. The summed E-state index contributed by atoms with van der Waals surface area (Å²) >= 11 is 0. The fourth-order valence-corrected chi connectivity index (χ4v) is 3.44. The highest BCUT2D eigenvalue weighted by atomic mass is 16.2. The number of benzene rings is 1. The van der Waals surface area contributed by atoms with Crippen molar-refractivity contribution in [1.82, 2.24) is 14.9 Å². The van der Waals surface area contributed by atoms with E-state index in [9.17, 15) is 14.4 Å². The van der Waals surface area contributed by atoms with Crippen molar-refractivity contribution in [3.63, 3.8) is 0 Å². The lowest BCUT2D eigenvalue weighted by Gasteiger charge is -2.36. The third-order valence-corrected chi connectivity index (χ3v) is 4.79. The van der Waals surface area contributed by atoms with Gasteiger partial charge in [0, 0.05) is 24.3 Å². The number of rotatable bonds is 5. The van der Waals surface area contributed by atoms with Crippen molar-refractivity contribution in [3.05, 3.63) is 68.5 Å². The zero-order valence-electron chi connectivity index (χ0n) is 14.2. The Morgan fingerprint density at radius 2 is 1.96 bits per heavy atom. The average molecular weight is 341 g/mol. The fourth-order valence-electron chi connectivity index (χ4n) is 3.44. The minimum absolute atomic E-state index is 0.0218. The molecule has 0 saturated carbocycles. The van der Waals surface area contributed by atoms with Gasteiger partial charge in [0.25, 0.3) is 5.56 Å². The van der Waals surface area contributed by atoms with Crippen LogP contribution in [0.3, 0.4) is 0 Å². The molecule has 6 heteroatoms. The molecule has 0 radical (unpaired) electrons. The summed E-state index contributed by atoms with van der Waals surface area (Å²) in [4.78, 5) is 42.1. The minimum atomic E-state index is -0.556. The molecule has 2 heterocycles. The van der Waals surface area contributed by atoms with E-state index in [0.717, 1.165) is 38.6 Å².